The van der Waals surface area contributed by atoms with Gasteiger partial charge in [-0.25, -0.2) is 4.98 Å². The van der Waals surface area contributed by atoms with Gasteiger partial charge in [0, 0.05) is 36.8 Å². The van der Waals surface area contributed by atoms with Crippen LogP contribution in [-0.2, 0) is 4.74 Å². The SMILES string of the molecule is COc1cccc(C(=O)N(CCCN2CCOCC2)c2nc3c(C)c(Cl)ccc3s2)c1.Cl. The van der Waals surface area contributed by atoms with E-state index in [4.69, 9.17) is 26.1 Å². The minimum absolute atomic E-state index is 0. The number of aryl methyl sites for hydroxylation is 1. The number of carbonyl (C=O) groups is 1. The molecule has 1 amide bonds. The van der Waals surface area contributed by atoms with E-state index in [2.05, 4.69) is 4.90 Å². The number of nitrogens with zero attached hydrogens (tertiary/aromatic N) is 3. The summed E-state index contributed by atoms with van der Waals surface area (Å²) in [7, 11) is 1.60. The van der Waals surface area contributed by atoms with Crippen LogP contribution in [0.1, 0.15) is 22.3 Å². The van der Waals surface area contributed by atoms with Crippen LogP contribution in [0.3, 0.4) is 0 Å². The Morgan fingerprint density at radius 3 is 2.81 bits per heavy atom. The average Bonchev–Trinajstić information content (AvgIpc) is 3.24. The fourth-order valence-corrected chi connectivity index (χ4v) is 4.88. The second kappa shape index (κ2) is 11.3. The Morgan fingerprint density at radius 1 is 1.28 bits per heavy atom. The van der Waals surface area contributed by atoms with Crippen molar-refractivity contribution < 1.29 is 14.3 Å². The predicted octanol–water partition coefficient (Wildman–Crippen LogP) is 5.06. The molecule has 2 heterocycles. The molecule has 0 saturated carbocycles. The van der Waals surface area contributed by atoms with E-state index < -0.39 is 0 Å². The Labute approximate surface area is 203 Å². The minimum atomic E-state index is -0.0799. The molecule has 0 aliphatic carbocycles. The summed E-state index contributed by atoms with van der Waals surface area (Å²) < 4.78 is 11.8. The van der Waals surface area contributed by atoms with Gasteiger partial charge in [-0.3, -0.25) is 14.6 Å². The molecular weight excluding hydrogens is 469 g/mol. The standard InChI is InChI=1S/C23H26ClN3O3S.ClH/c1-16-19(24)7-8-20-21(16)25-23(31-20)27(10-4-9-26-11-13-30-14-12-26)22(28)17-5-3-6-18(15-17)29-2;/h3,5-8,15H,4,9-14H2,1-2H3;1H. The van der Waals surface area contributed by atoms with Crippen molar-refractivity contribution in [2.45, 2.75) is 13.3 Å². The normalized spacial score (nSPS) is 14.2. The lowest BCUT2D eigenvalue weighted by atomic mass is 10.2. The van der Waals surface area contributed by atoms with E-state index in [0.717, 1.165) is 55.0 Å². The van der Waals surface area contributed by atoms with E-state index in [9.17, 15) is 4.79 Å². The number of hydrogen-bond donors (Lipinski definition) is 0. The molecule has 2 aromatic carbocycles. The van der Waals surface area contributed by atoms with E-state index in [0.29, 0.717) is 28.0 Å². The minimum Gasteiger partial charge on any atom is -0.497 e. The Morgan fingerprint density at radius 2 is 2.06 bits per heavy atom. The van der Waals surface area contributed by atoms with Crippen LogP contribution in [0.4, 0.5) is 5.13 Å². The van der Waals surface area contributed by atoms with Crippen molar-refractivity contribution in [3.63, 3.8) is 0 Å². The van der Waals surface area contributed by atoms with Gasteiger partial charge in [0.25, 0.3) is 5.91 Å². The highest BCUT2D eigenvalue weighted by Gasteiger charge is 2.23. The lowest BCUT2D eigenvalue weighted by Gasteiger charge is -2.27. The van der Waals surface area contributed by atoms with Crippen molar-refractivity contribution in [3.05, 3.63) is 52.5 Å². The maximum absolute atomic E-state index is 13.5. The van der Waals surface area contributed by atoms with Gasteiger partial charge in [0.15, 0.2) is 5.13 Å². The molecule has 4 rings (SSSR count). The lowest BCUT2D eigenvalue weighted by molar-refractivity contribution is 0.0376. The first-order chi connectivity index (χ1) is 15.1. The Kier molecular flexibility index (Phi) is 8.73. The second-order valence-electron chi connectivity index (χ2n) is 7.51. The largest absolute Gasteiger partial charge is 0.497 e. The molecule has 3 aromatic rings. The Balaban J connectivity index is 0.00000289. The van der Waals surface area contributed by atoms with Crippen molar-refractivity contribution in [3.8, 4) is 5.75 Å². The van der Waals surface area contributed by atoms with Gasteiger partial charge in [-0.2, -0.15) is 0 Å². The molecule has 0 bridgehead atoms. The number of amides is 1. The summed E-state index contributed by atoms with van der Waals surface area (Å²) in [6.07, 6.45) is 0.853. The quantitative estimate of drug-likeness (QED) is 0.458. The number of ether oxygens (including phenoxy) is 2. The molecule has 0 unspecified atom stereocenters. The van der Waals surface area contributed by atoms with Crippen molar-refractivity contribution in [2.24, 2.45) is 0 Å². The monoisotopic (exact) mass is 495 g/mol. The van der Waals surface area contributed by atoms with Crippen LogP contribution in [0, 0.1) is 6.92 Å². The zero-order valence-electron chi connectivity index (χ0n) is 18.2. The van der Waals surface area contributed by atoms with E-state index in [-0.39, 0.29) is 18.3 Å². The van der Waals surface area contributed by atoms with E-state index in [1.54, 1.807) is 18.1 Å². The number of benzene rings is 2. The highest BCUT2D eigenvalue weighted by atomic mass is 35.5. The molecule has 1 aromatic heterocycles. The average molecular weight is 496 g/mol. The first-order valence-electron chi connectivity index (χ1n) is 10.4. The van der Waals surface area contributed by atoms with Gasteiger partial charge >= 0.3 is 0 Å². The van der Waals surface area contributed by atoms with Crippen LogP contribution in [0.25, 0.3) is 10.2 Å². The lowest BCUT2D eigenvalue weighted by Crippen LogP contribution is -2.39. The molecule has 6 nitrogen and oxygen atoms in total. The first-order valence-corrected chi connectivity index (χ1v) is 11.6. The summed E-state index contributed by atoms with van der Waals surface area (Å²) in [5.74, 6) is 0.578. The number of methoxy groups -OCH3 is 1. The number of thiazole rings is 1. The molecule has 0 spiro atoms. The highest BCUT2D eigenvalue weighted by molar-refractivity contribution is 7.22. The first kappa shape index (κ1) is 24.7. The van der Waals surface area contributed by atoms with Crippen LogP contribution in [0.2, 0.25) is 5.02 Å². The maximum Gasteiger partial charge on any atom is 0.260 e. The van der Waals surface area contributed by atoms with Gasteiger partial charge in [0.1, 0.15) is 5.75 Å². The van der Waals surface area contributed by atoms with E-state index >= 15 is 0 Å². The van der Waals surface area contributed by atoms with Crippen molar-refractivity contribution in [1.82, 2.24) is 9.88 Å². The predicted molar refractivity (Wildman–Crippen MR) is 133 cm³/mol. The number of anilines is 1. The fourth-order valence-electron chi connectivity index (χ4n) is 3.68. The topological polar surface area (TPSA) is 54.9 Å². The van der Waals surface area contributed by atoms with Crippen LogP contribution in [-0.4, -0.2) is 62.3 Å². The number of halogens is 2. The summed E-state index contributed by atoms with van der Waals surface area (Å²) in [6.45, 7) is 6.86. The van der Waals surface area contributed by atoms with Crippen LogP contribution in [0.5, 0.6) is 5.75 Å². The van der Waals surface area contributed by atoms with Gasteiger partial charge in [0.05, 0.1) is 30.5 Å². The van der Waals surface area contributed by atoms with Gasteiger partial charge in [-0.1, -0.05) is 29.0 Å². The molecule has 0 N–H and O–H groups in total. The number of rotatable bonds is 7. The van der Waals surface area contributed by atoms with Crippen molar-refractivity contribution in [2.75, 3.05) is 51.4 Å². The van der Waals surface area contributed by atoms with Crippen LogP contribution in [0.15, 0.2) is 36.4 Å². The molecule has 0 atom stereocenters. The molecule has 1 aliphatic heterocycles. The summed E-state index contributed by atoms with van der Waals surface area (Å²) in [4.78, 5) is 22.5. The highest BCUT2D eigenvalue weighted by Crippen LogP contribution is 2.34. The third kappa shape index (κ3) is 5.53. The molecule has 1 saturated heterocycles. The molecule has 9 heteroatoms. The second-order valence-corrected chi connectivity index (χ2v) is 8.93. The van der Waals surface area contributed by atoms with Gasteiger partial charge in [-0.05, 0) is 49.2 Å². The van der Waals surface area contributed by atoms with Gasteiger partial charge in [0.2, 0.25) is 0 Å². The summed E-state index contributed by atoms with van der Waals surface area (Å²) in [5.41, 5.74) is 2.37. The van der Waals surface area contributed by atoms with Crippen LogP contribution < -0.4 is 9.64 Å². The van der Waals surface area contributed by atoms with Crippen molar-refractivity contribution in [1.29, 1.82) is 0 Å². The molecule has 0 radical (unpaired) electrons. The zero-order valence-corrected chi connectivity index (χ0v) is 20.6. The third-order valence-electron chi connectivity index (χ3n) is 5.49. The Hall–Kier alpha value is -1.90. The number of aromatic nitrogens is 1. The van der Waals surface area contributed by atoms with Gasteiger partial charge < -0.3 is 9.47 Å². The molecular formula is C23H27Cl2N3O3S. The Bertz CT molecular complexity index is 1070. The van der Waals surface area contributed by atoms with E-state index in [1.807, 2.05) is 37.3 Å². The molecule has 1 fully saturated rings. The van der Waals surface area contributed by atoms with E-state index in [1.165, 1.54) is 11.3 Å². The van der Waals surface area contributed by atoms with Gasteiger partial charge in [-0.15, -0.1) is 12.4 Å². The molecule has 172 valence electrons. The smallest absolute Gasteiger partial charge is 0.260 e. The summed E-state index contributed by atoms with van der Waals surface area (Å²) in [5, 5.41) is 1.37. The number of carbonyl (C=O) groups excluding carboxylic acids is 1. The number of hydrogen-bond acceptors (Lipinski definition) is 6. The molecule has 1 aliphatic rings. The fraction of sp³-hybridized carbons (Fsp3) is 0.391. The number of morpholine rings is 1. The third-order valence-corrected chi connectivity index (χ3v) is 6.94. The summed E-state index contributed by atoms with van der Waals surface area (Å²) >= 11 is 7.81. The zero-order chi connectivity index (χ0) is 21.8. The van der Waals surface area contributed by atoms with Crippen LogP contribution >= 0.6 is 35.3 Å². The number of fused-ring (bicyclic) bond motifs is 1. The van der Waals surface area contributed by atoms with Crippen molar-refractivity contribution >= 4 is 56.6 Å². The molecule has 32 heavy (non-hydrogen) atoms. The maximum atomic E-state index is 13.5. The summed E-state index contributed by atoms with van der Waals surface area (Å²) in [6, 6.07) is 11.1.